The number of hydrogen-bond acceptors (Lipinski definition) is 6. The predicted molar refractivity (Wildman–Crippen MR) is 118 cm³/mol. The number of amides is 3. The van der Waals surface area contributed by atoms with Crippen molar-refractivity contribution in [2.45, 2.75) is 57.7 Å². The van der Waals surface area contributed by atoms with Crippen LogP contribution in [0, 0.1) is 5.92 Å². The number of fused-ring (bicyclic) bond motifs is 1. The summed E-state index contributed by atoms with van der Waals surface area (Å²) in [5.41, 5.74) is 3.65. The van der Waals surface area contributed by atoms with Crippen molar-refractivity contribution < 1.29 is 19.1 Å². The molecule has 0 aliphatic carbocycles. The summed E-state index contributed by atoms with van der Waals surface area (Å²) >= 11 is 1.52. The molecule has 1 saturated heterocycles. The largest absolute Gasteiger partial charge is 0.450 e. The number of benzene rings is 1. The Kier molecular flexibility index (Phi) is 7.90. The fraction of sp³-hybridized carbons (Fsp3) is 0.545. The first-order valence-corrected chi connectivity index (χ1v) is 11.7. The van der Waals surface area contributed by atoms with Gasteiger partial charge in [0.2, 0.25) is 5.91 Å². The molecular weight excluding hydrogens is 402 g/mol. The number of rotatable bonds is 7. The monoisotopic (exact) mass is 431 g/mol. The van der Waals surface area contributed by atoms with E-state index in [9.17, 15) is 14.4 Å². The summed E-state index contributed by atoms with van der Waals surface area (Å²) in [5.74, 6) is -0.345. The maximum absolute atomic E-state index is 13.0. The molecule has 1 aromatic rings. The molecule has 7 nitrogen and oxygen atoms in total. The van der Waals surface area contributed by atoms with Crippen LogP contribution in [0.4, 0.5) is 10.5 Å². The van der Waals surface area contributed by atoms with Crippen molar-refractivity contribution in [3.05, 3.63) is 29.3 Å². The molecule has 0 radical (unpaired) electrons. The predicted octanol–water partition coefficient (Wildman–Crippen LogP) is 3.98. The molecule has 0 aromatic heterocycles. The van der Waals surface area contributed by atoms with E-state index >= 15 is 0 Å². The minimum absolute atomic E-state index is 0.195. The highest BCUT2D eigenvalue weighted by molar-refractivity contribution is 8.00. The number of nitrogens with zero attached hydrogens (tertiary/aromatic N) is 1. The van der Waals surface area contributed by atoms with Gasteiger partial charge in [-0.2, -0.15) is 0 Å². The second kappa shape index (κ2) is 10.6. The number of carbonyl (C=O) groups is 3. The first-order valence-electron chi connectivity index (χ1n) is 10.6. The van der Waals surface area contributed by atoms with Crippen molar-refractivity contribution >= 4 is 41.1 Å². The van der Waals surface area contributed by atoms with Gasteiger partial charge in [-0.1, -0.05) is 19.4 Å². The molecule has 2 atom stereocenters. The molecule has 2 aliphatic rings. The van der Waals surface area contributed by atoms with Crippen molar-refractivity contribution in [3.8, 4) is 0 Å². The van der Waals surface area contributed by atoms with Crippen molar-refractivity contribution in [1.82, 2.24) is 10.6 Å². The van der Waals surface area contributed by atoms with E-state index in [0.717, 1.165) is 49.1 Å². The number of carbonyl (C=O) groups excluding carboxylic acids is 3. The van der Waals surface area contributed by atoms with Crippen LogP contribution in [0.2, 0.25) is 0 Å². The van der Waals surface area contributed by atoms with Crippen LogP contribution in [0.1, 0.15) is 61.9 Å². The molecule has 162 valence electrons. The van der Waals surface area contributed by atoms with E-state index in [1.54, 1.807) is 6.92 Å². The van der Waals surface area contributed by atoms with E-state index in [4.69, 9.17) is 9.73 Å². The molecular formula is C22H29N3O4S. The normalized spacial score (nSPS) is 20.1. The van der Waals surface area contributed by atoms with Crippen LogP contribution >= 0.6 is 11.8 Å². The van der Waals surface area contributed by atoms with Crippen LogP contribution < -0.4 is 10.6 Å². The molecule has 30 heavy (non-hydrogen) atoms. The van der Waals surface area contributed by atoms with Gasteiger partial charge in [0.1, 0.15) is 0 Å². The highest BCUT2D eigenvalue weighted by Crippen LogP contribution is 2.33. The van der Waals surface area contributed by atoms with E-state index in [1.807, 2.05) is 18.2 Å². The van der Waals surface area contributed by atoms with Crippen LogP contribution in [0.5, 0.6) is 0 Å². The van der Waals surface area contributed by atoms with Gasteiger partial charge in [-0.05, 0) is 62.5 Å². The van der Waals surface area contributed by atoms with E-state index in [-0.39, 0.29) is 17.9 Å². The number of aliphatic imine (C=N–C) groups is 1. The fourth-order valence-corrected chi connectivity index (χ4v) is 5.11. The highest BCUT2D eigenvalue weighted by atomic mass is 32.2. The van der Waals surface area contributed by atoms with Gasteiger partial charge in [-0.25, -0.2) is 4.79 Å². The summed E-state index contributed by atoms with van der Waals surface area (Å²) in [4.78, 5) is 41.8. The summed E-state index contributed by atoms with van der Waals surface area (Å²) in [6, 6.07) is 5.62. The zero-order valence-electron chi connectivity index (χ0n) is 17.5. The van der Waals surface area contributed by atoms with E-state index in [1.165, 1.54) is 17.5 Å². The number of thioether (sulfide) groups is 1. The van der Waals surface area contributed by atoms with E-state index in [0.29, 0.717) is 12.0 Å². The molecule has 3 rings (SSSR count). The average Bonchev–Trinajstić information content (AvgIpc) is 3.19. The molecule has 8 heteroatoms. The first kappa shape index (κ1) is 22.3. The Morgan fingerprint density at radius 2 is 2.07 bits per heavy atom. The number of imide groups is 1. The maximum Gasteiger partial charge on any atom is 0.413 e. The molecule has 2 heterocycles. The quantitative estimate of drug-likeness (QED) is 0.681. The number of hydrogen-bond donors (Lipinski definition) is 2. The summed E-state index contributed by atoms with van der Waals surface area (Å²) in [7, 11) is 0. The minimum atomic E-state index is -0.752. The van der Waals surface area contributed by atoms with Crippen LogP contribution in [-0.2, 0) is 16.0 Å². The Hall–Kier alpha value is -2.35. The molecule has 2 N–H and O–H groups in total. The molecule has 0 saturated carbocycles. The lowest BCUT2D eigenvalue weighted by molar-refractivity contribution is -0.124. The summed E-state index contributed by atoms with van der Waals surface area (Å²) < 4.78 is 4.78. The molecule has 3 amide bonds. The third-order valence-electron chi connectivity index (χ3n) is 5.36. The number of nitrogens with one attached hydrogen (secondary N) is 2. The van der Waals surface area contributed by atoms with Gasteiger partial charge >= 0.3 is 6.09 Å². The Morgan fingerprint density at radius 3 is 2.83 bits per heavy atom. The zero-order valence-corrected chi connectivity index (χ0v) is 18.3. The van der Waals surface area contributed by atoms with Gasteiger partial charge in [0.25, 0.3) is 5.91 Å². The van der Waals surface area contributed by atoms with Crippen LogP contribution in [0.25, 0.3) is 0 Å². The van der Waals surface area contributed by atoms with Crippen molar-refractivity contribution in [2.24, 2.45) is 10.9 Å². The zero-order chi connectivity index (χ0) is 21.5. The first-order chi connectivity index (χ1) is 14.5. The second-order valence-electron chi connectivity index (χ2n) is 7.45. The minimum Gasteiger partial charge on any atom is -0.450 e. The lowest BCUT2D eigenvalue weighted by Gasteiger charge is -2.22. The molecule has 2 unspecified atom stereocenters. The summed E-state index contributed by atoms with van der Waals surface area (Å²) in [6.07, 6.45) is 4.78. The topological polar surface area (TPSA) is 96.9 Å². The van der Waals surface area contributed by atoms with Gasteiger partial charge in [-0.15, -0.1) is 11.8 Å². The molecule has 1 aromatic carbocycles. The summed E-state index contributed by atoms with van der Waals surface area (Å²) in [5, 5.41) is 4.86. The van der Waals surface area contributed by atoms with Crippen molar-refractivity contribution in [3.63, 3.8) is 0 Å². The van der Waals surface area contributed by atoms with Crippen molar-refractivity contribution in [2.75, 3.05) is 12.4 Å². The number of unbranched alkanes of at least 4 members (excludes halogenated alkanes) is 1. The summed E-state index contributed by atoms with van der Waals surface area (Å²) in [6.45, 7) is 4.04. The van der Waals surface area contributed by atoms with Crippen LogP contribution in [-0.4, -0.2) is 41.4 Å². The number of alkyl carbamates (subject to hydrolysis) is 1. The van der Waals surface area contributed by atoms with Crippen molar-refractivity contribution in [1.29, 1.82) is 0 Å². The third-order valence-corrected chi connectivity index (χ3v) is 6.64. The van der Waals surface area contributed by atoms with Gasteiger partial charge in [0, 0.05) is 11.3 Å². The maximum atomic E-state index is 13.0. The SMILES string of the molecule is CCCCC1=Nc2cccc(C(=O)NC3SCCC3C(=O)NC(=O)OCC)c2CC1. The fourth-order valence-electron chi connectivity index (χ4n) is 3.78. The third kappa shape index (κ3) is 5.41. The molecule has 2 aliphatic heterocycles. The number of ether oxygens (including phenoxy) is 1. The van der Waals surface area contributed by atoms with Gasteiger partial charge in [0.05, 0.1) is 23.6 Å². The smallest absolute Gasteiger partial charge is 0.413 e. The van der Waals surface area contributed by atoms with E-state index in [2.05, 4.69) is 17.6 Å². The Labute approximate surface area is 181 Å². The lowest BCUT2D eigenvalue weighted by Crippen LogP contribution is -2.44. The van der Waals surface area contributed by atoms with Gasteiger partial charge in [0.15, 0.2) is 0 Å². The Bertz CT molecular complexity index is 840. The van der Waals surface area contributed by atoms with Gasteiger partial charge < -0.3 is 10.1 Å². The highest BCUT2D eigenvalue weighted by Gasteiger charge is 2.36. The standard InChI is InChI=1S/C22H29N3O4S/c1-3-5-7-14-10-11-15-16(8-6-9-18(15)23-14)19(26)24-21-17(12-13-30-21)20(27)25-22(28)29-4-2/h6,8-9,17,21H,3-5,7,10-13H2,1-2H3,(H,24,26)(H,25,27,28). The second-order valence-corrected chi connectivity index (χ2v) is 8.70. The Balaban J connectivity index is 1.68. The average molecular weight is 432 g/mol. The van der Waals surface area contributed by atoms with Crippen LogP contribution in [0.3, 0.4) is 0 Å². The molecule has 1 fully saturated rings. The molecule has 0 bridgehead atoms. The Morgan fingerprint density at radius 1 is 1.23 bits per heavy atom. The van der Waals surface area contributed by atoms with E-state index < -0.39 is 17.9 Å². The van der Waals surface area contributed by atoms with Gasteiger partial charge in [-0.3, -0.25) is 19.9 Å². The lowest BCUT2D eigenvalue weighted by atomic mass is 9.94. The van der Waals surface area contributed by atoms with Crippen LogP contribution in [0.15, 0.2) is 23.2 Å². The molecule has 0 spiro atoms.